The van der Waals surface area contributed by atoms with Crippen molar-refractivity contribution in [3.8, 4) is 0 Å². The molecular weight excluding hydrogens is 150 g/mol. The summed E-state index contributed by atoms with van der Waals surface area (Å²) in [5.41, 5.74) is 0. The first-order chi connectivity index (χ1) is 5.73. The number of aromatic nitrogens is 1. The van der Waals surface area contributed by atoms with Crippen LogP contribution in [0.5, 0.6) is 0 Å². The fraction of sp³-hybridized carbons (Fsp3) is 0.222. The van der Waals surface area contributed by atoms with Gasteiger partial charge in [0.15, 0.2) is 0 Å². The average molecular weight is 162 g/mol. The first kappa shape index (κ1) is 7.31. The van der Waals surface area contributed by atoms with Gasteiger partial charge in [0.2, 0.25) is 5.84 Å². The molecule has 0 radical (unpaired) electrons. The fourth-order valence-electron chi connectivity index (χ4n) is 1.34. The maximum absolute atomic E-state index is 4.23. The highest BCUT2D eigenvalue weighted by Crippen LogP contribution is 2.11. The Hall–Kier alpha value is -1.35. The number of hydrogen-bond donors (Lipinski definition) is 0. The highest BCUT2D eigenvalue weighted by Gasteiger charge is 2.28. The topological polar surface area (TPSA) is 17.3 Å². The Labute approximate surface area is 71.8 Å². The predicted molar refractivity (Wildman–Crippen MR) is 50.1 cm³/mol. The van der Waals surface area contributed by atoms with Gasteiger partial charge in [-0.2, -0.15) is 4.68 Å². The zero-order valence-corrected chi connectivity index (χ0v) is 7.31. The van der Waals surface area contributed by atoms with Gasteiger partial charge in [-0.25, -0.2) is 4.99 Å². The summed E-state index contributed by atoms with van der Waals surface area (Å²) in [6.07, 6.45) is 7.97. The van der Waals surface area contributed by atoms with E-state index in [-0.39, 0.29) is 0 Å². The molecule has 0 saturated carbocycles. The summed E-state index contributed by atoms with van der Waals surface area (Å²) < 4.78 is 2.73. The summed E-state index contributed by atoms with van der Waals surface area (Å²) in [5.74, 6) is 1.08. The van der Waals surface area contributed by atoms with Crippen LogP contribution in [0.4, 0.5) is 0 Å². The molecule has 0 bridgehead atoms. The standard InChI is InChI=1S/C9H12N3/c1-9-10-5-8-12(9,2)11-6-3-4-7-11/h3-8H,1-2H3/q+1. The molecule has 0 amide bonds. The van der Waals surface area contributed by atoms with E-state index >= 15 is 0 Å². The summed E-state index contributed by atoms with van der Waals surface area (Å²) in [6, 6.07) is 4.03. The van der Waals surface area contributed by atoms with Crippen LogP contribution in [0.15, 0.2) is 41.9 Å². The van der Waals surface area contributed by atoms with E-state index in [1.165, 1.54) is 0 Å². The second-order valence-corrected chi connectivity index (χ2v) is 3.06. The molecule has 1 aliphatic heterocycles. The van der Waals surface area contributed by atoms with Gasteiger partial charge < -0.3 is 0 Å². The molecule has 0 aromatic carbocycles. The SMILES string of the molecule is CC1=NC=C[N+]1(C)n1cccc1. The summed E-state index contributed by atoms with van der Waals surface area (Å²) >= 11 is 0. The molecule has 1 aromatic rings. The van der Waals surface area contributed by atoms with Crippen molar-refractivity contribution in [1.29, 1.82) is 0 Å². The molecule has 0 fully saturated rings. The average Bonchev–Trinajstić information content (AvgIpc) is 2.62. The zero-order chi connectivity index (χ0) is 8.60. The number of quaternary nitrogens is 1. The second kappa shape index (κ2) is 2.32. The number of aliphatic imine (C=N–C) groups is 1. The summed E-state index contributed by atoms with van der Waals surface area (Å²) in [6.45, 7) is 2.03. The molecule has 1 aromatic heterocycles. The third-order valence-corrected chi connectivity index (χ3v) is 2.34. The highest BCUT2D eigenvalue weighted by atomic mass is 15.7. The second-order valence-electron chi connectivity index (χ2n) is 3.06. The Morgan fingerprint density at radius 3 is 2.50 bits per heavy atom. The number of hydrogen-bond acceptors (Lipinski definition) is 1. The van der Waals surface area contributed by atoms with E-state index in [0.29, 0.717) is 4.59 Å². The van der Waals surface area contributed by atoms with Crippen LogP contribution in [0.2, 0.25) is 0 Å². The van der Waals surface area contributed by atoms with Crippen LogP contribution in [0.1, 0.15) is 6.92 Å². The van der Waals surface area contributed by atoms with Crippen LogP contribution in [0.3, 0.4) is 0 Å². The van der Waals surface area contributed by atoms with Gasteiger partial charge in [-0.1, -0.05) is 0 Å². The van der Waals surface area contributed by atoms with Crippen LogP contribution in [-0.4, -0.2) is 17.6 Å². The summed E-state index contributed by atoms with van der Waals surface area (Å²) in [5, 5.41) is 0. The van der Waals surface area contributed by atoms with Crippen molar-refractivity contribution in [3.63, 3.8) is 0 Å². The maximum Gasteiger partial charge on any atom is 0.229 e. The fourth-order valence-corrected chi connectivity index (χ4v) is 1.34. The molecule has 2 heterocycles. The Morgan fingerprint density at radius 1 is 1.33 bits per heavy atom. The molecule has 12 heavy (non-hydrogen) atoms. The molecule has 1 aliphatic rings. The Morgan fingerprint density at radius 2 is 2.00 bits per heavy atom. The molecule has 0 saturated heterocycles. The number of rotatable bonds is 1. The lowest BCUT2D eigenvalue weighted by molar-refractivity contribution is 0.384. The Balaban J connectivity index is 2.47. The van der Waals surface area contributed by atoms with Crippen molar-refractivity contribution in [2.45, 2.75) is 6.92 Å². The zero-order valence-electron chi connectivity index (χ0n) is 7.31. The maximum atomic E-state index is 4.23. The number of nitrogens with zero attached hydrogens (tertiary/aromatic N) is 3. The third kappa shape index (κ3) is 0.833. The molecular formula is C9H12N3+. The monoisotopic (exact) mass is 162 g/mol. The van der Waals surface area contributed by atoms with E-state index in [0.717, 1.165) is 5.84 Å². The quantitative estimate of drug-likeness (QED) is 0.556. The van der Waals surface area contributed by atoms with Gasteiger partial charge in [-0.3, -0.25) is 0 Å². The van der Waals surface area contributed by atoms with Crippen molar-refractivity contribution in [2.24, 2.45) is 4.99 Å². The lowest BCUT2D eigenvalue weighted by Gasteiger charge is -2.25. The van der Waals surface area contributed by atoms with Crippen LogP contribution in [0.25, 0.3) is 0 Å². The molecule has 0 N–H and O–H groups in total. The van der Waals surface area contributed by atoms with E-state index < -0.39 is 0 Å². The molecule has 0 aliphatic carbocycles. The molecule has 0 spiro atoms. The molecule has 1 unspecified atom stereocenters. The van der Waals surface area contributed by atoms with Crippen molar-refractivity contribution < 1.29 is 0 Å². The van der Waals surface area contributed by atoms with Gasteiger partial charge in [0.05, 0.1) is 18.6 Å². The number of amidine groups is 1. The minimum atomic E-state index is 0.632. The van der Waals surface area contributed by atoms with E-state index in [1.54, 1.807) is 0 Å². The Kier molecular flexibility index (Phi) is 1.41. The Bertz CT molecular complexity index is 335. The van der Waals surface area contributed by atoms with Gasteiger partial charge in [-0.05, 0) is 12.1 Å². The third-order valence-electron chi connectivity index (χ3n) is 2.34. The predicted octanol–water partition coefficient (Wildman–Crippen LogP) is 1.46. The lowest BCUT2D eigenvalue weighted by Crippen LogP contribution is -2.50. The normalized spacial score (nSPS) is 27.7. The molecule has 2 rings (SSSR count). The van der Waals surface area contributed by atoms with Crippen molar-refractivity contribution in [3.05, 3.63) is 36.9 Å². The van der Waals surface area contributed by atoms with Crippen LogP contribution in [-0.2, 0) is 0 Å². The first-order valence-corrected chi connectivity index (χ1v) is 3.96. The van der Waals surface area contributed by atoms with E-state index in [1.807, 2.05) is 37.7 Å². The molecule has 3 heteroatoms. The van der Waals surface area contributed by atoms with Crippen LogP contribution < -0.4 is 4.59 Å². The van der Waals surface area contributed by atoms with Crippen molar-refractivity contribution in [2.75, 3.05) is 7.05 Å². The molecule has 62 valence electrons. The van der Waals surface area contributed by atoms with E-state index in [9.17, 15) is 0 Å². The summed E-state index contributed by atoms with van der Waals surface area (Å²) in [4.78, 5) is 4.23. The minimum absolute atomic E-state index is 0.632. The van der Waals surface area contributed by atoms with Gasteiger partial charge in [0.1, 0.15) is 13.2 Å². The smallest absolute Gasteiger partial charge is 0.201 e. The van der Waals surface area contributed by atoms with Crippen molar-refractivity contribution >= 4 is 5.84 Å². The highest BCUT2D eigenvalue weighted by molar-refractivity contribution is 5.88. The van der Waals surface area contributed by atoms with Gasteiger partial charge in [-0.15, -0.1) is 4.59 Å². The van der Waals surface area contributed by atoms with Gasteiger partial charge in [0, 0.05) is 6.92 Å². The summed E-state index contributed by atoms with van der Waals surface area (Å²) in [7, 11) is 2.10. The largest absolute Gasteiger partial charge is 0.229 e. The van der Waals surface area contributed by atoms with Crippen LogP contribution in [0, 0.1) is 0 Å². The molecule has 1 atom stereocenters. The lowest BCUT2D eigenvalue weighted by atomic mass is 10.6. The minimum Gasteiger partial charge on any atom is -0.201 e. The first-order valence-electron chi connectivity index (χ1n) is 3.96. The van der Waals surface area contributed by atoms with Gasteiger partial charge in [0.25, 0.3) is 0 Å². The molecule has 3 nitrogen and oxygen atoms in total. The van der Waals surface area contributed by atoms with Crippen molar-refractivity contribution in [1.82, 2.24) is 9.27 Å². The van der Waals surface area contributed by atoms with E-state index in [2.05, 4.69) is 22.9 Å². The van der Waals surface area contributed by atoms with Crippen LogP contribution >= 0.6 is 0 Å². The van der Waals surface area contributed by atoms with E-state index in [4.69, 9.17) is 0 Å². The van der Waals surface area contributed by atoms with Gasteiger partial charge >= 0.3 is 0 Å².